The van der Waals surface area contributed by atoms with Gasteiger partial charge in [-0.15, -0.1) is 0 Å². The number of pyridine rings is 1. The summed E-state index contributed by atoms with van der Waals surface area (Å²) in [6, 6.07) is 14.2. The second-order valence-electron chi connectivity index (χ2n) is 6.93. The lowest BCUT2D eigenvalue weighted by atomic mass is 10.1. The SMILES string of the molecule is CCOc1ccc(NC(=O)/C=C/c2cccc3cccnc23)cc1S(=O)(=O)N(CC)CC. The van der Waals surface area contributed by atoms with E-state index < -0.39 is 10.0 Å². The van der Waals surface area contributed by atoms with Gasteiger partial charge in [0.25, 0.3) is 0 Å². The molecule has 0 aliphatic rings. The topological polar surface area (TPSA) is 88.6 Å². The molecule has 0 saturated heterocycles. The summed E-state index contributed by atoms with van der Waals surface area (Å²) >= 11 is 0. The molecule has 7 nitrogen and oxygen atoms in total. The highest BCUT2D eigenvalue weighted by molar-refractivity contribution is 7.89. The van der Waals surface area contributed by atoms with Crippen LogP contribution in [0.15, 0.2) is 65.7 Å². The predicted octanol–water partition coefficient (Wildman–Crippen LogP) is 4.32. The van der Waals surface area contributed by atoms with Crippen LogP contribution < -0.4 is 10.1 Å². The molecule has 0 saturated carbocycles. The molecule has 0 aliphatic carbocycles. The Balaban J connectivity index is 1.87. The van der Waals surface area contributed by atoms with Gasteiger partial charge in [0.15, 0.2) is 0 Å². The quantitative estimate of drug-likeness (QED) is 0.488. The van der Waals surface area contributed by atoms with E-state index in [1.54, 1.807) is 45.2 Å². The number of carbonyl (C=O) groups excluding carboxylic acids is 1. The van der Waals surface area contributed by atoms with Gasteiger partial charge in [0.1, 0.15) is 10.6 Å². The second kappa shape index (κ2) is 10.4. The number of amides is 1. The molecule has 0 radical (unpaired) electrons. The fourth-order valence-electron chi connectivity index (χ4n) is 3.38. The fraction of sp³-hybridized carbons (Fsp3) is 0.250. The Kier molecular flexibility index (Phi) is 7.61. The number of ether oxygens (including phenoxy) is 1. The maximum absolute atomic E-state index is 13.1. The van der Waals surface area contributed by atoms with E-state index in [0.717, 1.165) is 16.5 Å². The normalized spacial score (nSPS) is 11.9. The number of anilines is 1. The van der Waals surface area contributed by atoms with Gasteiger partial charge in [-0.1, -0.05) is 38.1 Å². The molecule has 168 valence electrons. The van der Waals surface area contributed by atoms with Crippen molar-refractivity contribution in [3.63, 3.8) is 0 Å². The van der Waals surface area contributed by atoms with Gasteiger partial charge in [0, 0.05) is 42.0 Å². The summed E-state index contributed by atoms with van der Waals surface area (Å²) in [5.41, 5.74) is 1.98. The van der Waals surface area contributed by atoms with Crippen molar-refractivity contribution in [1.82, 2.24) is 9.29 Å². The predicted molar refractivity (Wildman–Crippen MR) is 127 cm³/mol. The van der Waals surface area contributed by atoms with Gasteiger partial charge in [0.05, 0.1) is 12.1 Å². The number of fused-ring (bicyclic) bond motifs is 1. The molecule has 1 amide bonds. The minimum Gasteiger partial charge on any atom is -0.492 e. The van der Waals surface area contributed by atoms with E-state index in [1.165, 1.54) is 16.4 Å². The minimum absolute atomic E-state index is 0.0306. The molecule has 1 aromatic heterocycles. The maximum Gasteiger partial charge on any atom is 0.248 e. The van der Waals surface area contributed by atoms with Crippen LogP contribution in [0.4, 0.5) is 5.69 Å². The number of hydrogen-bond donors (Lipinski definition) is 1. The van der Waals surface area contributed by atoms with Gasteiger partial charge in [-0.25, -0.2) is 8.42 Å². The van der Waals surface area contributed by atoms with Crippen molar-refractivity contribution in [3.8, 4) is 5.75 Å². The summed E-state index contributed by atoms with van der Waals surface area (Å²) in [6.45, 7) is 6.34. The summed E-state index contributed by atoms with van der Waals surface area (Å²) in [7, 11) is -3.76. The van der Waals surface area contributed by atoms with Crippen molar-refractivity contribution in [2.75, 3.05) is 25.0 Å². The van der Waals surface area contributed by atoms with Crippen molar-refractivity contribution in [3.05, 3.63) is 66.4 Å². The minimum atomic E-state index is -3.76. The first-order valence-corrected chi connectivity index (χ1v) is 11.9. The van der Waals surface area contributed by atoms with Crippen LogP contribution in [-0.2, 0) is 14.8 Å². The Bertz CT molecular complexity index is 1230. The number of nitrogens with zero attached hydrogens (tertiary/aromatic N) is 2. The monoisotopic (exact) mass is 453 g/mol. The zero-order chi connectivity index (χ0) is 23.1. The summed E-state index contributed by atoms with van der Waals surface area (Å²) < 4.78 is 33.0. The number of nitrogens with one attached hydrogen (secondary N) is 1. The first-order chi connectivity index (χ1) is 15.4. The van der Waals surface area contributed by atoms with Crippen LogP contribution in [0.2, 0.25) is 0 Å². The third-order valence-corrected chi connectivity index (χ3v) is 6.98. The van der Waals surface area contributed by atoms with Crippen LogP contribution in [0.1, 0.15) is 26.3 Å². The van der Waals surface area contributed by atoms with Crippen molar-refractivity contribution in [2.45, 2.75) is 25.7 Å². The van der Waals surface area contributed by atoms with Crippen LogP contribution >= 0.6 is 0 Å². The molecule has 0 unspecified atom stereocenters. The van der Waals surface area contributed by atoms with E-state index in [0.29, 0.717) is 25.4 Å². The number of sulfonamides is 1. The molecule has 0 bridgehead atoms. The van der Waals surface area contributed by atoms with Crippen LogP contribution in [-0.4, -0.2) is 43.3 Å². The van der Waals surface area contributed by atoms with Gasteiger partial charge in [-0.3, -0.25) is 9.78 Å². The summed E-state index contributed by atoms with van der Waals surface area (Å²) in [5, 5.41) is 3.71. The highest BCUT2D eigenvalue weighted by atomic mass is 32.2. The van der Waals surface area contributed by atoms with Crippen LogP contribution in [0, 0.1) is 0 Å². The van der Waals surface area contributed by atoms with E-state index in [-0.39, 0.29) is 16.6 Å². The van der Waals surface area contributed by atoms with Gasteiger partial charge in [-0.05, 0) is 37.3 Å². The number of benzene rings is 2. The third-order valence-electron chi connectivity index (χ3n) is 4.91. The summed E-state index contributed by atoms with van der Waals surface area (Å²) in [6.07, 6.45) is 4.79. The highest BCUT2D eigenvalue weighted by Gasteiger charge is 2.26. The van der Waals surface area contributed by atoms with Crippen molar-refractivity contribution in [1.29, 1.82) is 0 Å². The van der Waals surface area contributed by atoms with Gasteiger partial charge >= 0.3 is 0 Å². The van der Waals surface area contributed by atoms with E-state index in [4.69, 9.17) is 4.74 Å². The van der Waals surface area contributed by atoms with E-state index in [9.17, 15) is 13.2 Å². The van der Waals surface area contributed by atoms with Gasteiger partial charge in [-0.2, -0.15) is 4.31 Å². The lowest BCUT2D eigenvalue weighted by Gasteiger charge is -2.21. The van der Waals surface area contributed by atoms with Crippen LogP contribution in [0.5, 0.6) is 5.75 Å². The Labute approximate surface area is 188 Å². The highest BCUT2D eigenvalue weighted by Crippen LogP contribution is 2.30. The number of rotatable bonds is 9. The molecule has 1 heterocycles. The lowest BCUT2D eigenvalue weighted by Crippen LogP contribution is -2.31. The molecule has 0 spiro atoms. The van der Waals surface area contributed by atoms with Gasteiger partial charge < -0.3 is 10.1 Å². The number of hydrogen-bond acceptors (Lipinski definition) is 5. The van der Waals surface area contributed by atoms with E-state index in [1.807, 2.05) is 30.3 Å². The number of para-hydroxylation sites is 1. The van der Waals surface area contributed by atoms with E-state index >= 15 is 0 Å². The van der Waals surface area contributed by atoms with Crippen molar-refractivity contribution < 1.29 is 17.9 Å². The van der Waals surface area contributed by atoms with E-state index in [2.05, 4.69) is 10.3 Å². The molecule has 0 fully saturated rings. The molecule has 0 aliphatic heterocycles. The van der Waals surface area contributed by atoms with Gasteiger partial charge in [0.2, 0.25) is 15.9 Å². The zero-order valence-corrected chi connectivity index (χ0v) is 19.2. The van der Waals surface area contributed by atoms with Crippen LogP contribution in [0.25, 0.3) is 17.0 Å². The summed E-state index contributed by atoms with van der Waals surface area (Å²) in [4.78, 5) is 16.9. The second-order valence-corrected chi connectivity index (χ2v) is 8.84. The molecule has 2 aromatic carbocycles. The first kappa shape index (κ1) is 23.4. The Morgan fingerprint density at radius 3 is 2.56 bits per heavy atom. The average Bonchev–Trinajstić information content (AvgIpc) is 2.79. The Morgan fingerprint density at radius 1 is 1.09 bits per heavy atom. The largest absolute Gasteiger partial charge is 0.492 e. The lowest BCUT2D eigenvalue weighted by molar-refractivity contribution is -0.111. The first-order valence-electron chi connectivity index (χ1n) is 10.5. The van der Waals surface area contributed by atoms with Crippen molar-refractivity contribution >= 4 is 38.6 Å². The summed E-state index contributed by atoms with van der Waals surface area (Å²) in [5.74, 6) is -0.122. The maximum atomic E-state index is 13.1. The number of carbonyl (C=O) groups is 1. The molecule has 0 atom stereocenters. The molecular weight excluding hydrogens is 426 g/mol. The molecule has 32 heavy (non-hydrogen) atoms. The molecule has 3 rings (SSSR count). The molecule has 8 heteroatoms. The smallest absolute Gasteiger partial charge is 0.248 e. The Morgan fingerprint density at radius 2 is 1.84 bits per heavy atom. The van der Waals surface area contributed by atoms with Crippen molar-refractivity contribution in [2.24, 2.45) is 0 Å². The zero-order valence-electron chi connectivity index (χ0n) is 18.4. The molecular formula is C24H27N3O4S. The molecule has 3 aromatic rings. The molecule has 1 N–H and O–H groups in total. The fourth-order valence-corrected chi connectivity index (χ4v) is 4.99. The number of aromatic nitrogens is 1. The third kappa shape index (κ3) is 5.15. The Hall–Kier alpha value is -3.23. The average molecular weight is 454 g/mol. The van der Waals surface area contributed by atoms with Crippen LogP contribution in [0.3, 0.4) is 0 Å². The standard InChI is InChI=1S/C24H27N3O4S/c1-4-27(5-2)32(29,30)22-17-20(13-14-21(22)31-6-3)26-23(28)15-12-19-10-7-9-18-11-8-16-25-24(18)19/h7-17H,4-6H2,1-3H3,(H,26,28)/b15-12+.